The van der Waals surface area contributed by atoms with E-state index in [1.54, 1.807) is 42.7 Å². The van der Waals surface area contributed by atoms with E-state index in [1.165, 1.54) is 6.20 Å². The van der Waals surface area contributed by atoms with E-state index in [2.05, 4.69) is 43.8 Å². The average molecular weight is 477 g/mol. The first-order chi connectivity index (χ1) is 16.5. The number of hydrogen-bond donors (Lipinski definition) is 4. The maximum absolute atomic E-state index is 12.5. The second kappa shape index (κ2) is 13.1. The quantitative estimate of drug-likeness (QED) is 0.145. The van der Waals surface area contributed by atoms with Gasteiger partial charge in [0, 0.05) is 35.4 Å². The van der Waals surface area contributed by atoms with Crippen LogP contribution in [-0.2, 0) is 0 Å². The first-order valence-corrected chi connectivity index (χ1v) is 11.5. The monoisotopic (exact) mass is 476 g/mol. The van der Waals surface area contributed by atoms with Crippen molar-refractivity contribution in [1.29, 1.82) is 0 Å². The van der Waals surface area contributed by atoms with Crippen LogP contribution in [0.25, 0.3) is 0 Å². The molecule has 2 amide bonds. The molecule has 1 unspecified atom stereocenters. The maximum atomic E-state index is 12.5. The highest BCUT2D eigenvalue weighted by atomic mass is 32.1. The highest BCUT2D eigenvalue weighted by molar-refractivity contribution is 7.80. The molecule has 176 valence electrons. The fourth-order valence-corrected chi connectivity index (χ4v) is 3.32. The molecule has 3 rings (SSSR count). The van der Waals surface area contributed by atoms with E-state index in [9.17, 15) is 9.59 Å². The standard InChI is InChI=1S/C25H28N6O2S/c1-18(8-4-6-15-27-25(33)21-10-5-7-14-26-21)30-24(32)20-12-13-23(28-16-20)31-29-17-19-9-2-3-11-22(19)34/h2-3,5,7,9-14,16-18,34H,4,6,8,15H2,1H3,(H,27,33)(H,28,31)(H,30,32). The number of nitrogens with zero attached hydrogens (tertiary/aromatic N) is 3. The van der Waals surface area contributed by atoms with Crippen LogP contribution in [0, 0.1) is 0 Å². The topological polar surface area (TPSA) is 108 Å². The van der Waals surface area contributed by atoms with Crippen molar-refractivity contribution in [2.24, 2.45) is 5.10 Å². The molecule has 0 radical (unpaired) electrons. The average Bonchev–Trinajstić information content (AvgIpc) is 2.85. The Hall–Kier alpha value is -3.72. The number of carbonyl (C=O) groups excluding carboxylic acids is 2. The summed E-state index contributed by atoms with van der Waals surface area (Å²) in [6.45, 7) is 2.53. The minimum absolute atomic E-state index is 0.00249. The number of hydrogen-bond acceptors (Lipinski definition) is 7. The van der Waals surface area contributed by atoms with Gasteiger partial charge < -0.3 is 10.6 Å². The fourth-order valence-electron chi connectivity index (χ4n) is 3.10. The van der Waals surface area contributed by atoms with E-state index >= 15 is 0 Å². The number of unbranched alkanes of at least 4 members (excludes halogenated alkanes) is 1. The zero-order valence-electron chi connectivity index (χ0n) is 18.9. The third kappa shape index (κ3) is 8.00. The lowest BCUT2D eigenvalue weighted by Gasteiger charge is -2.14. The van der Waals surface area contributed by atoms with Crippen molar-refractivity contribution >= 4 is 36.5 Å². The molecular formula is C25H28N6O2S. The largest absolute Gasteiger partial charge is 0.351 e. The summed E-state index contributed by atoms with van der Waals surface area (Å²) < 4.78 is 0. The zero-order valence-corrected chi connectivity index (χ0v) is 19.8. The van der Waals surface area contributed by atoms with Crippen LogP contribution in [0.5, 0.6) is 0 Å². The summed E-state index contributed by atoms with van der Waals surface area (Å²) in [5, 5.41) is 9.99. The van der Waals surface area contributed by atoms with Gasteiger partial charge >= 0.3 is 0 Å². The minimum atomic E-state index is -0.178. The van der Waals surface area contributed by atoms with Gasteiger partial charge in [-0.25, -0.2) is 4.98 Å². The molecule has 8 nitrogen and oxygen atoms in total. The molecule has 0 saturated heterocycles. The van der Waals surface area contributed by atoms with Crippen molar-refractivity contribution in [1.82, 2.24) is 20.6 Å². The van der Waals surface area contributed by atoms with Gasteiger partial charge in [0.05, 0.1) is 11.8 Å². The number of carbonyl (C=O) groups is 2. The van der Waals surface area contributed by atoms with E-state index in [4.69, 9.17) is 0 Å². The van der Waals surface area contributed by atoms with Crippen molar-refractivity contribution in [3.8, 4) is 0 Å². The Balaban J connectivity index is 1.35. The summed E-state index contributed by atoms with van der Waals surface area (Å²) in [5.74, 6) is 0.178. The summed E-state index contributed by atoms with van der Waals surface area (Å²) in [4.78, 5) is 33.5. The summed E-state index contributed by atoms with van der Waals surface area (Å²) in [7, 11) is 0. The van der Waals surface area contributed by atoms with Crippen molar-refractivity contribution in [2.75, 3.05) is 12.0 Å². The highest BCUT2D eigenvalue weighted by Crippen LogP contribution is 2.11. The molecule has 0 spiro atoms. The van der Waals surface area contributed by atoms with E-state index in [0.29, 0.717) is 23.6 Å². The molecular weight excluding hydrogens is 448 g/mol. The van der Waals surface area contributed by atoms with Gasteiger partial charge in [0.2, 0.25) is 0 Å². The number of thiol groups is 1. The van der Waals surface area contributed by atoms with Crippen LogP contribution < -0.4 is 16.1 Å². The van der Waals surface area contributed by atoms with E-state index in [0.717, 1.165) is 29.7 Å². The molecule has 0 aliphatic carbocycles. The van der Waals surface area contributed by atoms with Crippen LogP contribution in [0.3, 0.4) is 0 Å². The molecule has 0 aliphatic heterocycles. The molecule has 3 aromatic rings. The Morgan fingerprint density at radius 1 is 1.03 bits per heavy atom. The molecule has 2 heterocycles. The van der Waals surface area contributed by atoms with Crippen LogP contribution >= 0.6 is 12.6 Å². The number of amides is 2. The van der Waals surface area contributed by atoms with Gasteiger partial charge in [-0.2, -0.15) is 5.10 Å². The van der Waals surface area contributed by atoms with Crippen LogP contribution in [-0.4, -0.2) is 40.6 Å². The number of rotatable bonds is 11. The van der Waals surface area contributed by atoms with E-state index in [-0.39, 0.29) is 17.9 Å². The Kier molecular flexibility index (Phi) is 9.60. The summed E-state index contributed by atoms with van der Waals surface area (Å²) in [5.41, 5.74) is 4.62. The summed E-state index contributed by atoms with van der Waals surface area (Å²) >= 11 is 4.38. The molecule has 34 heavy (non-hydrogen) atoms. The van der Waals surface area contributed by atoms with Crippen molar-refractivity contribution in [3.05, 3.63) is 83.8 Å². The fraction of sp³-hybridized carbons (Fsp3) is 0.240. The van der Waals surface area contributed by atoms with Gasteiger partial charge in [-0.3, -0.25) is 20.0 Å². The first-order valence-electron chi connectivity index (χ1n) is 11.1. The normalized spacial score (nSPS) is 11.7. The minimum Gasteiger partial charge on any atom is -0.351 e. The number of hydrazone groups is 1. The molecule has 0 aliphatic rings. The van der Waals surface area contributed by atoms with Gasteiger partial charge in [-0.05, 0) is 56.5 Å². The molecule has 2 aromatic heterocycles. The van der Waals surface area contributed by atoms with Gasteiger partial charge in [0.25, 0.3) is 11.8 Å². The molecule has 0 saturated carbocycles. The molecule has 1 aromatic carbocycles. The smallest absolute Gasteiger partial charge is 0.269 e. The van der Waals surface area contributed by atoms with Crippen LogP contribution in [0.2, 0.25) is 0 Å². The lowest BCUT2D eigenvalue weighted by Crippen LogP contribution is -2.32. The Bertz CT molecular complexity index is 1110. The molecule has 0 fully saturated rings. The lowest BCUT2D eigenvalue weighted by atomic mass is 10.1. The Morgan fingerprint density at radius 3 is 2.59 bits per heavy atom. The van der Waals surface area contributed by atoms with E-state index in [1.807, 2.05) is 31.2 Å². The van der Waals surface area contributed by atoms with E-state index < -0.39 is 0 Å². The summed E-state index contributed by atoms with van der Waals surface area (Å²) in [6.07, 6.45) is 7.27. The maximum Gasteiger partial charge on any atom is 0.269 e. The van der Waals surface area contributed by atoms with Crippen LogP contribution in [0.15, 0.2) is 77.0 Å². The third-order valence-electron chi connectivity index (χ3n) is 4.97. The molecule has 1 atom stereocenters. The van der Waals surface area contributed by atoms with Crippen molar-refractivity contribution in [2.45, 2.75) is 37.1 Å². The van der Waals surface area contributed by atoms with Gasteiger partial charge in [0.1, 0.15) is 11.5 Å². The second-order valence-corrected chi connectivity index (χ2v) is 8.18. The van der Waals surface area contributed by atoms with Gasteiger partial charge in [-0.15, -0.1) is 12.6 Å². The van der Waals surface area contributed by atoms with Crippen molar-refractivity contribution in [3.63, 3.8) is 0 Å². The lowest BCUT2D eigenvalue weighted by molar-refractivity contribution is 0.0936. The number of aromatic nitrogens is 2. The number of anilines is 1. The number of benzene rings is 1. The van der Waals surface area contributed by atoms with Crippen LogP contribution in [0.1, 0.15) is 52.6 Å². The molecule has 9 heteroatoms. The number of nitrogens with one attached hydrogen (secondary N) is 3. The Morgan fingerprint density at radius 2 is 1.85 bits per heavy atom. The highest BCUT2D eigenvalue weighted by Gasteiger charge is 2.11. The number of pyridine rings is 2. The summed E-state index contributed by atoms with van der Waals surface area (Å²) in [6, 6.07) is 16.3. The van der Waals surface area contributed by atoms with Gasteiger partial charge in [0.15, 0.2) is 0 Å². The van der Waals surface area contributed by atoms with Gasteiger partial charge in [-0.1, -0.05) is 24.3 Å². The predicted octanol–water partition coefficient (Wildman–Crippen LogP) is 3.93. The molecule has 0 bridgehead atoms. The second-order valence-electron chi connectivity index (χ2n) is 7.70. The van der Waals surface area contributed by atoms with Crippen LogP contribution in [0.4, 0.5) is 5.82 Å². The SMILES string of the molecule is CC(CCCCNC(=O)c1ccccn1)NC(=O)c1ccc(NN=Cc2ccccc2S)nc1. The predicted molar refractivity (Wildman–Crippen MR) is 136 cm³/mol. The zero-order chi connectivity index (χ0) is 24.2. The molecule has 3 N–H and O–H groups in total. The third-order valence-corrected chi connectivity index (χ3v) is 5.38. The van der Waals surface area contributed by atoms with Crippen molar-refractivity contribution < 1.29 is 9.59 Å². The first kappa shape index (κ1) is 24.9. The Labute approximate surface area is 204 Å².